The molecule has 0 unspecified atom stereocenters. The highest BCUT2D eigenvalue weighted by Gasteiger charge is 2.19. The largest absolute Gasteiger partial charge is 0.494 e. The summed E-state index contributed by atoms with van der Waals surface area (Å²) in [5.74, 6) is 1.68. The van der Waals surface area contributed by atoms with E-state index in [4.69, 9.17) is 27.8 Å². The van der Waals surface area contributed by atoms with Gasteiger partial charge in [-0.2, -0.15) is 0 Å². The Labute approximate surface area is 331 Å². The first-order chi connectivity index (χ1) is 28.5. The number of rotatable bonds is 17. The molecule has 5 aromatic carbocycles. The molecule has 0 fully saturated rings. The summed E-state index contributed by atoms with van der Waals surface area (Å²) >= 11 is 0. The van der Waals surface area contributed by atoms with Crippen molar-refractivity contribution in [3.05, 3.63) is 171 Å². The van der Waals surface area contributed by atoms with E-state index in [1.165, 1.54) is 24.3 Å². The summed E-state index contributed by atoms with van der Waals surface area (Å²) < 4.78 is 51.1. The summed E-state index contributed by atoms with van der Waals surface area (Å²) in [5.41, 5.74) is 3.41. The minimum absolute atomic E-state index is 0.147. The van der Waals surface area contributed by atoms with Crippen LogP contribution in [0.5, 0.6) is 17.2 Å². The number of aromatic nitrogens is 3. The molecule has 8 aromatic rings. The lowest BCUT2D eigenvalue weighted by Crippen LogP contribution is -2.12. The zero-order valence-electron chi connectivity index (χ0n) is 31.3. The first kappa shape index (κ1) is 37.9. The third-order valence-electron chi connectivity index (χ3n) is 9.30. The average molecular weight is 780 g/mol. The van der Waals surface area contributed by atoms with Gasteiger partial charge in [-0.3, -0.25) is 9.59 Å². The maximum Gasteiger partial charge on any atom is 0.235 e. The Morgan fingerprint density at radius 1 is 0.655 bits per heavy atom. The van der Waals surface area contributed by atoms with Crippen LogP contribution in [0.2, 0.25) is 0 Å². The van der Waals surface area contributed by atoms with Crippen molar-refractivity contribution in [2.75, 3.05) is 26.4 Å². The molecule has 3 aromatic heterocycles. The van der Waals surface area contributed by atoms with E-state index in [1.807, 2.05) is 91.1 Å². The second-order valence-electron chi connectivity index (χ2n) is 13.4. The third kappa shape index (κ3) is 9.14. The Morgan fingerprint density at radius 3 is 2.34 bits per heavy atom. The van der Waals surface area contributed by atoms with Crippen molar-refractivity contribution in [2.24, 2.45) is 0 Å². The highest BCUT2D eigenvalue weighted by Crippen LogP contribution is 2.33. The van der Waals surface area contributed by atoms with Crippen LogP contribution in [0.15, 0.2) is 152 Å². The Balaban J connectivity index is 0.770. The van der Waals surface area contributed by atoms with Gasteiger partial charge in [-0.05, 0) is 85.1 Å². The molecule has 292 valence electrons. The number of fused-ring (bicyclic) bond motifs is 2. The highest BCUT2D eigenvalue weighted by molar-refractivity contribution is 5.82. The molecule has 0 aliphatic heterocycles. The van der Waals surface area contributed by atoms with Crippen LogP contribution >= 0.6 is 0 Å². The first-order valence-corrected chi connectivity index (χ1v) is 18.9. The lowest BCUT2D eigenvalue weighted by atomic mass is 10.1. The molecular formula is C46H38FN3O8. The van der Waals surface area contributed by atoms with Gasteiger partial charge in [0.05, 0.1) is 42.8 Å². The predicted molar refractivity (Wildman–Crippen MR) is 217 cm³/mol. The lowest BCUT2D eigenvalue weighted by Gasteiger charge is -2.13. The molecule has 12 heteroatoms. The number of aryl methyl sites for hydroxylation is 1. The van der Waals surface area contributed by atoms with Gasteiger partial charge in [0.1, 0.15) is 47.5 Å². The van der Waals surface area contributed by atoms with E-state index < -0.39 is 5.82 Å². The van der Waals surface area contributed by atoms with Crippen LogP contribution in [-0.2, 0) is 24.3 Å². The molecule has 0 aliphatic carbocycles. The smallest absolute Gasteiger partial charge is 0.235 e. The Morgan fingerprint density at radius 2 is 1.47 bits per heavy atom. The number of para-hydroxylation sites is 1. The number of benzene rings is 5. The number of hydrogen-bond donors (Lipinski definition) is 0. The van der Waals surface area contributed by atoms with Crippen molar-refractivity contribution in [3.63, 3.8) is 0 Å². The topological polar surface area (TPSA) is 128 Å². The Bertz CT molecular complexity index is 2760. The number of ether oxygens (including phenoxy) is 4. The maximum atomic E-state index is 13.5. The fourth-order valence-electron chi connectivity index (χ4n) is 6.37. The minimum atomic E-state index is -0.485. The van der Waals surface area contributed by atoms with Crippen LogP contribution in [0.25, 0.3) is 44.6 Å². The summed E-state index contributed by atoms with van der Waals surface area (Å²) in [7, 11) is 0. The molecule has 0 bridgehead atoms. The molecule has 0 saturated heterocycles. The van der Waals surface area contributed by atoms with Crippen LogP contribution in [0.1, 0.15) is 17.7 Å². The van der Waals surface area contributed by atoms with Gasteiger partial charge < -0.3 is 27.8 Å². The monoisotopic (exact) mass is 779 g/mol. The van der Waals surface area contributed by atoms with Gasteiger partial charge in [-0.25, -0.2) is 9.07 Å². The second kappa shape index (κ2) is 17.8. The first-order valence-electron chi connectivity index (χ1n) is 18.9. The van der Waals surface area contributed by atoms with Gasteiger partial charge in [0, 0.05) is 23.4 Å². The number of halogens is 1. The molecule has 0 spiro atoms. The Hall–Kier alpha value is -7.05. The van der Waals surface area contributed by atoms with Crippen LogP contribution in [0.3, 0.4) is 0 Å². The number of nitrogens with zero attached hydrogens (tertiary/aromatic N) is 3. The van der Waals surface area contributed by atoms with E-state index in [0.29, 0.717) is 90.1 Å². The molecule has 0 amide bonds. The van der Waals surface area contributed by atoms with Crippen molar-refractivity contribution >= 4 is 21.9 Å². The molecule has 8 rings (SSSR count). The van der Waals surface area contributed by atoms with Crippen LogP contribution < -0.4 is 25.1 Å². The van der Waals surface area contributed by atoms with E-state index in [1.54, 1.807) is 22.9 Å². The van der Waals surface area contributed by atoms with E-state index in [9.17, 15) is 14.0 Å². The molecular weight excluding hydrogens is 742 g/mol. The molecule has 0 N–H and O–H groups in total. The fraction of sp³-hybridized carbons (Fsp3) is 0.174. The van der Waals surface area contributed by atoms with E-state index >= 15 is 0 Å². The average Bonchev–Trinajstić information content (AvgIpc) is 3.71. The summed E-state index contributed by atoms with van der Waals surface area (Å²) in [4.78, 5) is 26.0. The van der Waals surface area contributed by atoms with Gasteiger partial charge in [-0.1, -0.05) is 59.8 Å². The quantitative estimate of drug-likeness (QED) is 0.0829. The normalized spacial score (nSPS) is 11.3. The SMILES string of the molecule is O=c1cc(-c2ccc(OCCCc3cn(CCOCCOc4cccc(-c5oc6ccccc6c(=O)c5OCc5ccccc5)c4)nn3)cc2)oc2ccc(F)cc12. The molecule has 58 heavy (non-hydrogen) atoms. The summed E-state index contributed by atoms with van der Waals surface area (Å²) in [6.45, 7) is 2.34. The second-order valence-corrected chi connectivity index (χ2v) is 13.4. The van der Waals surface area contributed by atoms with Crippen molar-refractivity contribution in [1.82, 2.24) is 15.0 Å². The fourth-order valence-corrected chi connectivity index (χ4v) is 6.37. The van der Waals surface area contributed by atoms with Gasteiger partial charge in [-0.15, -0.1) is 5.10 Å². The number of hydrogen-bond acceptors (Lipinski definition) is 10. The summed E-state index contributed by atoms with van der Waals surface area (Å²) in [6.07, 6.45) is 3.33. The van der Waals surface area contributed by atoms with Crippen molar-refractivity contribution in [3.8, 4) is 39.9 Å². The van der Waals surface area contributed by atoms with Crippen LogP contribution in [0, 0.1) is 5.82 Å². The van der Waals surface area contributed by atoms with E-state index in [0.717, 1.165) is 17.7 Å². The van der Waals surface area contributed by atoms with E-state index in [2.05, 4.69) is 10.3 Å². The zero-order chi connectivity index (χ0) is 39.7. The zero-order valence-corrected chi connectivity index (χ0v) is 31.3. The highest BCUT2D eigenvalue weighted by atomic mass is 19.1. The van der Waals surface area contributed by atoms with Crippen LogP contribution in [0.4, 0.5) is 4.39 Å². The van der Waals surface area contributed by atoms with Gasteiger partial charge in [0.2, 0.25) is 11.2 Å². The van der Waals surface area contributed by atoms with Crippen molar-refractivity contribution in [2.45, 2.75) is 26.0 Å². The Kier molecular flexibility index (Phi) is 11.6. The third-order valence-corrected chi connectivity index (χ3v) is 9.30. The van der Waals surface area contributed by atoms with Gasteiger partial charge in [0.15, 0.2) is 11.2 Å². The maximum absolute atomic E-state index is 13.5. The summed E-state index contributed by atoms with van der Waals surface area (Å²) in [5, 5.41) is 9.13. The van der Waals surface area contributed by atoms with Crippen LogP contribution in [-0.4, -0.2) is 41.4 Å². The molecule has 0 atom stereocenters. The molecule has 0 radical (unpaired) electrons. The summed E-state index contributed by atoms with van der Waals surface area (Å²) in [6, 6.07) is 36.7. The molecule has 0 saturated carbocycles. The predicted octanol–water partition coefficient (Wildman–Crippen LogP) is 8.65. The standard InChI is InChI=1S/C46H38FN3O8/c47-34-17-20-42-39(27-34)40(51)28-43(57-42)32-15-18-36(19-16-32)54-22-7-11-35-29-50(49-48-35)21-23-53-24-25-55-37-12-6-10-33(26-37)45-46(56-30-31-8-2-1-3-9-31)44(52)38-13-4-5-14-41(38)58-45/h1-6,8-10,12-20,26-29H,7,11,21-25,30H2. The van der Waals surface area contributed by atoms with Gasteiger partial charge >= 0.3 is 0 Å². The van der Waals surface area contributed by atoms with Crippen molar-refractivity contribution in [1.29, 1.82) is 0 Å². The lowest BCUT2D eigenvalue weighted by molar-refractivity contribution is 0.0923. The molecule has 3 heterocycles. The minimum Gasteiger partial charge on any atom is -0.494 e. The van der Waals surface area contributed by atoms with Crippen molar-refractivity contribution < 1.29 is 32.2 Å². The van der Waals surface area contributed by atoms with E-state index in [-0.39, 0.29) is 28.6 Å². The molecule has 11 nitrogen and oxygen atoms in total. The van der Waals surface area contributed by atoms with Gasteiger partial charge in [0.25, 0.3) is 0 Å². The molecule has 0 aliphatic rings.